The van der Waals surface area contributed by atoms with Crippen LogP contribution in [0.15, 0.2) is 0 Å². The predicted octanol–water partition coefficient (Wildman–Crippen LogP) is 0.854. The van der Waals surface area contributed by atoms with E-state index in [1.165, 1.54) is 0 Å². The highest BCUT2D eigenvalue weighted by atomic mass is 16.2. The second kappa shape index (κ2) is 3.54. The zero-order chi connectivity index (χ0) is 10.2. The van der Waals surface area contributed by atoms with E-state index in [0.717, 1.165) is 39.0 Å². The van der Waals surface area contributed by atoms with Crippen molar-refractivity contribution < 1.29 is 4.79 Å². The molecule has 1 amide bonds. The van der Waals surface area contributed by atoms with Crippen LogP contribution in [0.1, 0.15) is 26.7 Å². The molecule has 0 aromatic rings. The van der Waals surface area contributed by atoms with Crippen molar-refractivity contribution in [1.82, 2.24) is 10.2 Å². The van der Waals surface area contributed by atoms with Crippen LogP contribution in [0.2, 0.25) is 0 Å². The molecule has 0 aromatic heterocycles. The zero-order valence-corrected chi connectivity index (χ0v) is 9.18. The molecule has 0 aromatic carbocycles. The first kappa shape index (κ1) is 9.97. The highest BCUT2D eigenvalue weighted by molar-refractivity contribution is 5.82. The average molecular weight is 196 g/mol. The number of carbonyl (C=O) groups excluding carboxylic acids is 1. The number of amides is 1. The summed E-state index contributed by atoms with van der Waals surface area (Å²) in [6, 6.07) is 0. The molecule has 0 bridgehead atoms. The molecule has 1 atom stereocenters. The summed E-state index contributed by atoms with van der Waals surface area (Å²) >= 11 is 0. The number of hydrogen-bond acceptors (Lipinski definition) is 2. The van der Waals surface area contributed by atoms with Crippen LogP contribution in [0.3, 0.4) is 0 Å². The van der Waals surface area contributed by atoms with E-state index < -0.39 is 0 Å². The maximum absolute atomic E-state index is 12.0. The van der Waals surface area contributed by atoms with Crippen molar-refractivity contribution in [3.05, 3.63) is 0 Å². The Hall–Kier alpha value is -0.570. The molecule has 14 heavy (non-hydrogen) atoms. The van der Waals surface area contributed by atoms with Crippen LogP contribution in [-0.2, 0) is 4.79 Å². The molecule has 1 heterocycles. The molecule has 80 valence electrons. The molecule has 3 nitrogen and oxygen atoms in total. The Morgan fingerprint density at radius 2 is 2.07 bits per heavy atom. The molecule has 0 radical (unpaired) electrons. The van der Waals surface area contributed by atoms with Crippen molar-refractivity contribution in [2.24, 2.45) is 11.3 Å². The Bertz CT molecular complexity index is 229. The van der Waals surface area contributed by atoms with Gasteiger partial charge in [-0.25, -0.2) is 0 Å². The summed E-state index contributed by atoms with van der Waals surface area (Å²) in [5.41, 5.74) is 0.275. The number of nitrogens with one attached hydrogen (secondary N) is 1. The van der Waals surface area contributed by atoms with Crippen LogP contribution in [-0.4, -0.2) is 37.0 Å². The fourth-order valence-corrected chi connectivity index (χ4v) is 2.18. The number of carbonyl (C=O) groups is 1. The van der Waals surface area contributed by atoms with Crippen LogP contribution in [0.4, 0.5) is 0 Å². The van der Waals surface area contributed by atoms with Gasteiger partial charge in [0.2, 0.25) is 5.91 Å². The fourth-order valence-electron chi connectivity index (χ4n) is 2.18. The van der Waals surface area contributed by atoms with E-state index in [9.17, 15) is 4.79 Å². The fraction of sp³-hybridized carbons (Fsp3) is 0.909. The van der Waals surface area contributed by atoms with Gasteiger partial charge in [0.15, 0.2) is 0 Å². The summed E-state index contributed by atoms with van der Waals surface area (Å²) in [4.78, 5) is 14.1. The maximum atomic E-state index is 12.0. The van der Waals surface area contributed by atoms with Crippen LogP contribution < -0.4 is 5.32 Å². The van der Waals surface area contributed by atoms with Gasteiger partial charge in [0, 0.05) is 25.6 Å². The molecular weight excluding hydrogens is 176 g/mol. The van der Waals surface area contributed by atoms with Gasteiger partial charge in [-0.15, -0.1) is 0 Å². The summed E-state index contributed by atoms with van der Waals surface area (Å²) in [7, 11) is 0. The minimum absolute atomic E-state index is 0.275. The van der Waals surface area contributed by atoms with Crippen LogP contribution in [0, 0.1) is 11.3 Å². The Morgan fingerprint density at radius 3 is 2.71 bits per heavy atom. The lowest BCUT2D eigenvalue weighted by Gasteiger charge is -2.20. The van der Waals surface area contributed by atoms with Crippen molar-refractivity contribution in [2.75, 3.05) is 26.2 Å². The van der Waals surface area contributed by atoms with E-state index in [1.807, 2.05) is 4.90 Å². The summed E-state index contributed by atoms with van der Waals surface area (Å²) in [6.07, 6.45) is 2.18. The molecule has 1 aliphatic heterocycles. The molecule has 1 aliphatic carbocycles. The molecule has 2 rings (SSSR count). The minimum atomic E-state index is 0.275. The highest BCUT2D eigenvalue weighted by Crippen LogP contribution is 2.52. The molecule has 1 unspecified atom stereocenters. The second-order valence-corrected chi connectivity index (χ2v) is 5.17. The van der Waals surface area contributed by atoms with Gasteiger partial charge in [-0.3, -0.25) is 4.79 Å². The van der Waals surface area contributed by atoms with Crippen molar-refractivity contribution in [1.29, 1.82) is 0 Å². The zero-order valence-electron chi connectivity index (χ0n) is 9.18. The lowest BCUT2D eigenvalue weighted by molar-refractivity contribution is -0.133. The van der Waals surface area contributed by atoms with Crippen molar-refractivity contribution in [2.45, 2.75) is 26.7 Å². The highest BCUT2D eigenvalue weighted by Gasteiger charge is 2.51. The van der Waals surface area contributed by atoms with E-state index in [-0.39, 0.29) is 5.41 Å². The molecule has 1 saturated heterocycles. The second-order valence-electron chi connectivity index (χ2n) is 5.17. The van der Waals surface area contributed by atoms with Crippen molar-refractivity contribution in [3.8, 4) is 0 Å². The smallest absolute Gasteiger partial charge is 0.226 e. The molecule has 1 saturated carbocycles. The van der Waals surface area contributed by atoms with Crippen LogP contribution in [0.25, 0.3) is 0 Å². The van der Waals surface area contributed by atoms with E-state index in [4.69, 9.17) is 0 Å². The van der Waals surface area contributed by atoms with E-state index in [2.05, 4.69) is 19.2 Å². The largest absolute Gasteiger partial charge is 0.341 e. The minimum Gasteiger partial charge on any atom is -0.341 e. The number of nitrogens with zero attached hydrogens (tertiary/aromatic N) is 1. The molecule has 2 aliphatic rings. The van der Waals surface area contributed by atoms with Crippen molar-refractivity contribution >= 4 is 5.91 Å². The standard InChI is InChI=1S/C11H20N2O/c1-11(2)8-9(11)10(14)13-6-3-4-12-5-7-13/h9,12H,3-8H2,1-2H3. The van der Waals surface area contributed by atoms with Gasteiger partial charge in [-0.2, -0.15) is 0 Å². The van der Waals surface area contributed by atoms with Crippen LogP contribution in [0.5, 0.6) is 0 Å². The molecule has 3 heteroatoms. The topological polar surface area (TPSA) is 32.3 Å². The van der Waals surface area contributed by atoms with Gasteiger partial charge in [0.1, 0.15) is 0 Å². The first-order valence-electron chi connectivity index (χ1n) is 5.61. The van der Waals surface area contributed by atoms with Crippen LogP contribution >= 0.6 is 0 Å². The molecule has 2 fully saturated rings. The third-order valence-corrected chi connectivity index (χ3v) is 3.46. The summed E-state index contributed by atoms with van der Waals surface area (Å²) < 4.78 is 0. The molecule has 0 spiro atoms. The lowest BCUT2D eigenvalue weighted by atomic mass is 10.1. The van der Waals surface area contributed by atoms with Gasteiger partial charge in [0.05, 0.1) is 0 Å². The van der Waals surface area contributed by atoms with Gasteiger partial charge in [-0.05, 0) is 24.8 Å². The lowest BCUT2D eigenvalue weighted by Crippen LogP contribution is -2.36. The normalized spacial score (nSPS) is 31.0. The number of hydrogen-bond donors (Lipinski definition) is 1. The molecular formula is C11H20N2O. The summed E-state index contributed by atoms with van der Waals surface area (Å²) in [5.74, 6) is 0.694. The molecule has 1 N–H and O–H groups in total. The summed E-state index contributed by atoms with van der Waals surface area (Å²) in [5, 5.41) is 3.32. The average Bonchev–Trinajstić information content (AvgIpc) is 2.83. The SMILES string of the molecule is CC1(C)CC1C(=O)N1CCCNCC1. The van der Waals surface area contributed by atoms with E-state index >= 15 is 0 Å². The van der Waals surface area contributed by atoms with Gasteiger partial charge < -0.3 is 10.2 Å². The Morgan fingerprint density at radius 1 is 1.36 bits per heavy atom. The Kier molecular flexibility index (Phi) is 2.52. The van der Waals surface area contributed by atoms with E-state index in [0.29, 0.717) is 11.8 Å². The first-order valence-corrected chi connectivity index (χ1v) is 5.61. The third kappa shape index (κ3) is 1.92. The monoisotopic (exact) mass is 196 g/mol. The van der Waals surface area contributed by atoms with E-state index in [1.54, 1.807) is 0 Å². The van der Waals surface area contributed by atoms with Gasteiger partial charge in [-0.1, -0.05) is 13.8 Å². The first-order chi connectivity index (χ1) is 6.61. The maximum Gasteiger partial charge on any atom is 0.226 e. The number of rotatable bonds is 1. The summed E-state index contributed by atoms with van der Waals surface area (Å²) in [6.45, 7) is 8.22. The third-order valence-electron chi connectivity index (χ3n) is 3.46. The van der Waals surface area contributed by atoms with Crippen molar-refractivity contribution in [3.63, 3.8) is 0 Å². The quantitative estimate of drug-likeness (QED) is 0.674. The predicted molar refractivity (Wildman–Crippen MR) is 56.0 cm³/mol. The Balaban J connectivity index is 1.91. The Labute approximate surface area is 85.8 Å². The van der Waals surface area contributed by atoms with Gasteiger partial charge >= 0.3 is 0 Å². The van der Waals surface area contributed by atoms with Gasteiger partial charge in [0.25, 0.3) is 0 Å².